The molecule has 5 rings (SSSR count). The van der Waals surface area contributed by atoms with E-state index in [1.165, 1.54) is 0 Å². The maximum Gasteiger partial charge on any atom is 0.328 e. The molecular weight excluding hydrogens is 384 g/mol. The summed E-state index contributed by atoms with van der Waals surface area (Å²) in [6.07, 6.45) is 2.57. The fourth-order valence-corrected chi connectivity index (χ4v) is 5.04. The number of hydrogen-bond donors (Lipinski definition) is 2. The minimum atomic E-state index is -1.13. The first-order chi connectivity index (χ1) is 14.4. The summed E-state index contributed by atoms with van der Waals surface area (Å²) in [5, 5.41) is 3.92. The molecule has 158 valence electrons. The van der Waals surface area contributed by atoms with Crippen LogP contribution in [0, 0.1) is 0 Å². The number of carbonyl (C=O) groups is 3. The van der Waals surface area contributed by atoms with E-state index in [2.05, 4.69) is 10.3 Å². The van der Waals surface area contributed by atoms with Crippen molar-refractivity contribution in [3.63, 3.8) is 0 Å². The van der Waals surface area contributed by atoms with Gasteiger partial charge in [-0.05, 0) is 44.7 Å². The van der Waals surface area contributed by atoms with E-state index in [1.807, 2.05) is 24.3 Å². The van der Waals surface area contributed by atoms with Crippen LogP contribution in [0.5, 0.6) is 0 Å². The predicted molar refractivity (Wildman–Crippen MR) is 110 cm³/mol. The number of imide groups is 1. The van der Waals surface area contributed by atoms with E-state index >= 15 is 0 Å². The molecule has 1 aromatic carbocycles. The monoisotopic (exact) mass is 410 g/mol. The second-order valence-electron chi connectivity index (χ2n) is 8.51. The molecule has 3 aliphatic heterocycles. The Morgan fingerprint density at radius 1 is 1.37 bits per heavy atom. The minimum absolute atomic E-state index is 0.00360. The SMILES string of the molecule is C[C@@H](C(=O)NC[C@@H]1CCCO1)N1C(=O)N2CCc3c([nH]c4ccccc34)[C@@]2(C)C1=O. The number of aromatic amines is 1. The van der Waals surface area contributed by atoms with Gasteiger partial charge in [-0.15, -0.1) is 0 Å². The van der Waals surface area contributed by atoms with Crippen molar-refractivity contribution >= 4 is 28.7 Å². The average molecular weight is 410 g/mol. The molecule has 0 spiro atoms. The van der Waals surface area contributed by atoms with Crippen LogP contribution in [0.3, 0.4) is 0 Å². The molecule has 2 aromatic rings. The first kappa shape index (κ1) is 19.1. The zero-order chi connectivity index (χ0) is 21.0. The Kier molecular flexibility index (Phi) is 4.36. The second kappa shape index (κ2) is 6.84. The maximum atomic E-state index is 13.6. The van der Waals surface area contributed by atoms with Crippen LogP contribution in [0.1, 0.15) is 37.9 Å². The largest absolute Gasteiger partial charge is 0.376 e. The molecule has 2 fully saturated rings. The maximum absolute atomic E-state index is 13.6. The summed E-state index contributed by atoms with van der Waals surface area (Å²) in [6, 6.07) is 6.62. The van der Waals surface area contributed by atoms with Crippen LogP contribution in [0.4, 0.5) is 4.79 Å². The molecule has 0 bridgehead atoms. The number of urea groups is 1. The van der Waals surface area contributed by atoms with Crippen molar-refractivity contribution in [2.45, 2.75) is 50.8 Å². The van der Waals surface area contributed by atoms with Gasteiger partial charge in [-0.2, -0.15) is 0 Å². The van der Waals surface area contributed by atoms with Crippen LogP contribution in [0.2, 0.25) is 0 Å². The summed E-state index contributed by atoms with van der Waals surface area (Å²) >= 11 is 0. The van der Waals surface area contributed by atoms with Crippen LogP contribution >= 0.6 is 0 Å². The fourth-order valence-electron chi connectivity index (χ4n) is 5.04. The van der Waals surface area contributed by atoms with Gasteiger partial charge in [0.25, 0.3) is 5.91 Å². The van der Waals surface area contributed by atoms with E-state index in [0.29, 0.717) is 26.1 Å². The Morgan fingerprint density at radius 2 is 2.17 bits per heavy atom. The highest BCUT2D eigenvalue weighted by Crippen LogP contribution is 2.44. The normalized spacial score (nSPS) is 26.8. The molecule has 8 nitrogen and oxygen atoms in total. The van der Waals surface area contributed by atoms with Crippen molar-refractivity contribution in [2.24, 2.45) is 0 Å². The Balaban J connectivity index is 1.43. The zero-order valence-corrected chi connectivity index (χ0v) is 17.2. The zero-order valence-electron chi connectivity index (χ0n) is 17.2. The van der Waals surface area contributed by atoms with E-state index in [0.717, 1.165) is 39.9 Å². The molecule has 3 atom stereocenters. The van der Waals surface area contributed by atoms with Gasteiger partial charge < -0.3 is 19.9 Å². The molecule has 0 saturated carbocycles. The summed E-state index contributed by atoms with van der Waals surface area (Å²) in [4.78, 5) is 45.6. The number of hydrogen-bond acceptors (Lipinski definition) is 4. The van der Waals surface area contributed by atoms with E-state index in [4.69, 9.17) is 4.74 Å². The fraction of sp³-hybridized carbons (Fsp3) is 0.500. The number of nitrogens with one attached hydrogen (secondary N) is 2. The molecule has 4 amide bonds. The molecule has 8 heteroatoms. The van der Waals surface area contributed by atoms with Crippen LogP contribution in [0.15, 0.2) is 24.3 Å². The van der Waals surface area contributed by atoms with Gasteiger partial charge in [0.2, 0.25) is 5.91 Å². The van der Waals surface area contributed by atoms with Gasteiger partial charge in [0.1, 0.15) is 6.04 Å². The molecule has 2 N–H and O–H groups in total. The number of ether oxygens (including phenoxy) is 1. The third-order valence-electron chi connectivity index (χ3n) is 6.79. The molecule has 4 heterocycles. The number of H-pyrrole nitrogens is 1. The summed E-state index contributed by atoms with van der Waals surface area (Å²) in [7, 11) is 0. The van der Waals surface area contributed by atoms with Gasteiger partial charge in [0.05, 0.1) is 11.8 Å². The van der Waals surface area contributed by atoms with Gasteiger partial charge in [-0.25, -0.2) is 9.69 Å². The first-order valence-electron chi connectivity index (χ1n) is 10.6. The smallest absolute Gasteiger partial charge is 0.328 e. The van der Waals surface area contributed by atoms with Gasteiger partial charge in [-0.3, -0.25) is 9.59 Å². The van der Waals surface area contributed by atoms with Gasteiger partial charge in [-0.1, -0.05) is 18.2 Å². The van der Waals surface area contributed by atoms with Crippen molar-refractivity contribution in [3.05, 3.63) is 35.5 Å². The lowest BCUT2D eigenvalue weighted by molar-refractivity contribution is -0.139. The lowest BCUT2D eigenvalue weighted by atomic mass is 9.87. The number of nitrogens with zero attached hydrogens (tertiary/aromatic N) is 2. The van der Waals surface area contributed by atoms with E-state index < -0.39 is 17.6 Å². The van der Waals surface area contributed by atoms with Gasteiger partial charge in [0.15, 0.2) is 5.54 Å². The van der Waals surface area contributed by atoms with Gasteiger partial charge in [0, 0.05) is 30.6 Å². The highest BCUT2D eigenvalue weighted by atomic mass is 16.5. The number of aromatic nitrogens is 1. The lowest BCUT2D eigenvalue weighted by Crippen LogP contribution is -2.50. The van der Waals surface area contributed by atoms with Crippen LogP contribution in [-0.2, 0) is 26.3 Å². The van der Waals surface area contributed by atoms with Crippen molar-refractivity contribution in [2.75, 3.05) is 19.7 Å². The topological polar surface area (TPSA) is 94.7 Å². The third kappa shape index (κ3) is 2.59. The van der Waals surface area contributed by atoms with Crippen molar-refractivity contribution < 1.29 is 19.1 Å². The minimum Gasteiger partial charge on any atom is -0.376 e. The van der Waals surface area contributed by atoms with Crippen LogP contribution in [0.25, 0.3) is 10.9 Å². The number of amides is 4. The number of carbonyl (C=O) groups excluding carboxylic acids is 3. The summed E-state index contributed by atoms with van der Waals surface area (Å²) < 4.78 is 5.54. The highest BCUT2D eigenvalue weighted by molar-refractivity contribution is 6.10. The number of benzene rings is 1. The highest BCUT2D eigenvalue weighted by Gasteiger charge is 2.60. The summed E-state index contributed by atoms with van der Waals surface area (Å²) in [5.74, 6) is -0.702. The Labute approximate surface area is 174 Å². The van der Waals surface area contributed by atoms with E-state index in [9.17, 15) is 14.4 Å². The number of fused-ring (bicyclic) bond motifs is 5. The van der Waals surface area contributed by atoms with Crippen molar-refractivity contribution in [1.82, 2.24) is 20.1 Å². The molecule has 3 aliphatic rings. The van der Waals surface area contributed by atoms with E-state index in [-0.39, 0.29) is 17.9 Å². The van der Waals surface area contributed by atoms with E-state index in [1.54, 1.807) is 18.7 Å². The lowest BCUT2D eigenvalue weighted by Gasteiger charge is -2.36. The molecular formula is C22H26N4O4. The average Bonchev–Trinajstić information content (AvgIpc) is 3.44. The number of rotatable bonds is 4. The summed E-state index contributed by atoms with van der Waals surface area (Å²) in [5.41, 5.74) is 1.64. The molecule has 1 aromatic heterocycles. The molecule has 0 aliphatic carbocycles. The molecule has 0 unspecified atom stereocenters. The van der Waals surface area contributed by atoms with Gasteiger partial charge >= 0.3 is 6.03 Å². The summed E-state index contributed by atoms with van der Waals surface area (Å²) in [6.45, 7) is 4.93. The Bertz CT molecular complexity index is 1040. The molecule has 30 heavy (non-hydrogen) atoms. The molecule has 0 radical (unpaired) electrons. The standard InChI is InChI=1S/C22H26N4O4/c1-13(19(27)23-12-14-6-5-11-30-14)26-20(28)22(2)18-16(9-10-25(22)21(26)29)15-7-3-4-8-17(15)24-18/h3-4,7-8,13-14,24H,5-6,9-12H2,1-2H3,(H,23,27)/t13-,14-,22-/m0/s1. The van der Waals surface area contributed by atoms with Crippen molar-refractivity contribution in [1.29, 1.82) is 0 Å². The Morgan fingerprint density at radius 3 is 2.93 bits per heavy atom. The van der Waals surface area contributed by atoms with Crippen LogP contribution in [-0.4, -0.2) is 64.5 Å². The number of para-hydroxylation sites is 1. The predicted octanol–water partition coefficient (Wildman–Crippen LogP) is 1.89. The molecule has 2 saturated heterocycles. The first-order valence-corrected chi connectivity index (χ1v) is 10.6. The quantitative estimate of drug-likeness (QED) is 0.753. The second-order valence-corrected chi connectivity index (χ2v) is 8.51. The third-order valence-corrected chi connectivity index (χ3v) is 6.79. The van der Waals surface area contributed by atoms with Crippen molar-refractivity contribution in [3.8, 4) is 0 Å². The van der Waals surface area contributed by atoms with Crippen LogP contribution < -0.4 is 5.32 Å². The Hall–Kier alpha value is -2.87.